The number of aryl methyl sites for hydroxylation is 1. The highest BCUT2D eigenvalue weighted by atomic mass is 16.3. The minimum Gasteiger partial charge on any atom is -0.506 e. The molecule has 2 N–H and O–H groups in total. The monoisotopic (exact) mass is 319 g/mol. The molecule has 0 unspecified atom stereocenters. The summed E-state index contributed by atoms with van der Waals surface area (Å²) < 4.78 is 0. The van der Waals surface area contributed by atoms with Crippen molar-refractivity contribution in [2.75, 3.05) is 19.6 Å². The van der Waals surface area contributed by atoms with E-state index in [2.05, 4.69) is 9.88 Å². The Labute approximate surface area is 136 Å². The summed E-state index contributed by atoms with van der Waals surface area (Å²) in [7, 11) is 0. The zero-order valence-electron chi connectivity index (χ0n) is 13.7. The van der Waals surface area contributed by atoms with Gasteiger partial charge in [0.25, 0.3) is 0 Å². The first-order chi connectivity index (χ1) is 11.1. The van der Waals surface area contributed by atoms with Gasteiger partial charge < -0.3 is 15.1 Å². The molecule has 2 fully saturated rings. The molecule has 1 aromatic rings. The third-order valence-electron chi connectivity index (χ3n) is 5.09. The molecule has 0 aliphatic carbocycles. The van der Waals surface area contributed by atoms with E-state index in [9.17, 15) is 15.0 Å². The summed E-state index contributed by atoms with van der Waals surface area (Å²) >= 11 is 0. The van der Waals surface area contributed by atoms with Crippen molar-refractivity contribution in [2.45, 2.75) is 51.8 Å². The average molecular weight is 319 g/mol. The molecule has 0 aromatic carbocycles. The van der Waals surface area contributed by atoms with Crippen molar-refractivity contribution in [3.63, 3.8) is 0 Å². The van der Waals surface area contributed by atoms with Crippen LogP contribution in [-0.2, 0) is 17.9 Å². The van der Waals surface area contributed by atoms with Crippen LogP contribution < -0.4 is 0 Å². The van der Waals surface area contributed by atoms with Crippen LogP contribution >= 0.6 is 0 Å². The SMILES string of the molecule is Cc1ncc(CO)c(CN2CCC(N3CCCC3=O)CC2)c1O. The maximum atomic E-state index is 11.9. The predicted molar refractivity (Wildman–Crippen MR) is 85.8 cm³/mol. The first-order valence-electron chi connectivity index (χ1n) is 8.39. The largest absolute Gasteiger partial charge is 0.506 e. The Morgan fingerprint density at radius 2 is 2.04 bits per heavy atom. The minimum atomic E-state index is -0.116. The van der Waals surface area contributed by atoms with E-state index in [0.717, 1.165) is 44.5 Å². The van der Waals surface area contributed by atoms with Crippen LogP contribution in [0.25, 0.3) is 0 Å². The maximum Gasteiger partial charge on any atom is 0.222 e. The average Bonchev–Trinajstić information content (AvgIpc) is 2.99. The molecule has 2 saturated heterocycles. The lowest BCUT2D eigenvalue weighted by Crippen LogP contribution is -2.45. The maximum absolute atomic E-state index is 11.9. The zero-order chi connectivity index (χ0) is 16.4. The van der Waals surface area contributed by atoms with E-state index in [0.29, 0.717) is 36.2 Å². The molecule has 0 radical (unpaired) electrons. The van der Waals surface area contributed by atoms with E-state index < -0.39 is 0 Å². The standard InChI is InChI=1S/C17H25N3O3/c1-12-17(23)15(13(11-21)9-18-12)10-19-7-4-14(5-8-19)20-6-2-3-16(20)22/h9,14,21,23H,2-8,10-11H2,1H3. The summed E-state index contributed by atoms with van der Waals surface area (Å²) in [6, 6.07) is 0.367. The van der Waals surface area contributed by atoms with E-state index in [1.807, 2.05) is 4.90 Å². The van der Waals surface area contributed by atoms with Crippen LogP contribution in [0.1, 0.15) is 42.5 Å². The molecule has 3 rings (SSSR count). The minimum absolute atomic E-state index is 0.116. The first-order valence-corrected chi connectivity index (χ1v) is 8.39. The molecule has 2 aliphatic rings. The second-order valence-electron chi connectivity index (χ2n) is 6.55. The number of amides is 1. The van der Waals surface area contributed by atoms with Crippen molar-refractivity contribution in [3.05, 3.63) is 23.0 Å². The van der Waals surface area contributed by atoms with Gasteiger partial charge in [-0.3, -0.25) is 14.7 Å². The molecule has 0 atom stereocenters. The van der Waals surface area contributed by atoms with Gasteiger partial charge in [0, 0.05) is 56.0 Å². The number of likely N-dealkylation sites (tertiary alicyclic amines) is 2. The summed E-state index contributed by atoms with van der Waals surface area (Å²) in [4.78, 5) is 20.3. The molecule has 0 saturated carbocycles. The molecular formula is C17H25N3O3. The number of nitrogens with zero attached hydrogens (tertiary/aromatic N) is 3. The smallest absolute Gasteiger partial charge is 0.222 e. The normalized spacial score (nSPS) is 20.4. The molecule has 3 heterocycles. The molecule has 6 heteroatoms. The summed E-state index contributed by atoms with van der Waals surface area (Å²) in [6.07, 6.45) is 5.28. The molecule has 2 aliphatic heterocycles. The Morgan fingerprint density at radius 1 is 1.30 bits per heavy atom. The molecular weight excluding hydrogens is 294 g/mol. The Morgan fingerprint density at radius 3 is 2.65 bits per heavy atom. The highest BCUT2D eigenvalue weighted by molar-refractivity contribution is 5.78. The Balaban J connectivity index is 1.63. The lowest BCUT2D eigenvalue weighted by Gasteiger charge is -2.37. The van der Waals surface area contributed by atoms with Crippen molar-refractivity contribution >= 4 is 5.91 Å². The van der Waals surface area contributed by atoms with E-state index in [1.54, 1.807) is 13.1 Å². The number of aromatic nitrogens is 1. The van der Waals surface area contributed by atoms with Crippen molar-refractivity contribution < 1.29 is 15.0 Å². The fourth-order valence-electron chi connectivity index (χ4n) is 3.66. The highest BCUT2D eigenvalue weighted by Crippen LogP contribution is 2.28. The van der Waals surface area contributed by atoms with Gasteiger partial charge in [0.1, 0.15) is 5.75 Å². The quantitative estimate of drug-likeness (QED) is 0.871. The summed E-state index contributed by atoms with van der Waals surface area (Å²) in [5.41, 5.74) is 2.05. The van der Waals surface area contributed by atoms with Gasteiger partial charge in [0.2, 0.25) is 5.91 Å². The van der Waals surface area contributed by atoms with E-state index >= 15 is 0 Å². The van der Waals surface area contributed by atoms with Crippen molar-refractivity contribution in [2.24, 2.45) is 0 Å². The third-order valence-corrected chi connectivity index (χ3v) is 5.09. The lowest BCUT2D eigenvalue weighted by molar-refractivity contribution is -0.130. The first kappa shape index (κ1) is 16.2. The van der Waals surface area contributed by atoms with Crippen LogP contribution in [-0.4, -0.2) is 56.6 Å². The number of aromatic hydroxyl groups is 1. The fraction of sp³-hybridized carbons (Fsp3) is 0.647. The summed E-state index contributed by atoms with van der Waals surface area (Å²) in [5.74, 6) is 0.488. The second-order valence-corrected chi connectivity index (χ2v) is 6.55. The number of hydrogen-bond acceptors (Lipinski definition) is 5. The number of pyridine rings is 1. The van der Waals surface area contributed by atoms with Crippen LogP contribution in [0.5, 0.6) is 5.75 Å². The number of piperidine rings is 1. The summed E-state index contributed by atoms with van der Waals surface area (Å²) in [5, 5.41) is 19.7. The van der Waals surface area contributed by atoms with E-state index in [1.165, 1.54) is 0 Å². The Kier molecular flexibility index (Phi) is 4.82. The number of carbonyl (C=O) groups is 1. The third kappa shape index (κ3) is 3.33. The predicted octanol–water partition coefficient (Wildman–Crippen LogP) is 1.17. The summed E-state index contributed by atoms with van der Waals surface area (Å²) in [6.45, 7) is 4.98. The van der Waals surface area contributed by atoms with Gasteiger partial charge in [0.15, 0.2) is 0 Å². The topological polar surface area (TPSA) is 76.9 Å². The van der Waals surface area contributed by atoms with Gasteiger partial charge in [-0.1, -0.05) is 0 Å². The van der Waals surface area contributed by atoms with Crippen LogP contribution in [0.4, 0.5) is 0 Å². The van der Waals surface area contributed by atoms with Crippen LogP contribution in [0.3, 0.4) is 0 Å². The fourth-order valence-corrected chi connectivity index (χ4v) is 3.66. The molecule has 0 bridgehead atoms. The van der Waals surface area contributed by atoms with Crippen molar-refractivity contribution in [1.29, 1.82) is 0 Å². The van der Waals surface area contributed by atoms with E-state index in [-0.39, 0.29) is 12.4 Å². The zero-order valence-corrected chi connectivity index (χ0v) is 13.7. The Bertz CT molecular complexity index is 583. The van der Waals surface area contributed by atoms with Gasteiger partial charge >= 0.3 is 0 Å². The second kappa shape index (κ2) is 6.84. The van der Waals surface area contributed by atoms with Gasteiger partial charge in [-0.25, -0.2) is 0 Å². The number of carbonyl (C=O) groups excluding carboxylic acids is 1. The molecule has 126 valence electrons. The number of aliphatic hydroxyl groups is 1. The molecule has 0 spiro atoms. The van der Waals surface area contributed by atoms with Crippen molar-refractivity contribution in [1.82, 2.24) is 14.8 Å². The van der Waals surface area contributed by atoms with Gasteiger partial charge in [-0.15, -0.1) is 0 Å². The molecule has 6 nitrogen and oxygen atoms in total. The number of aliphatic hydroxyl groups excluding tert-OH is 1. The Hall–Kier alpha value is -1.66. The molecule has 1 aromatic heterocycles. The van der Waals surface area contributed by atoms with E-state index in [4.69, 9.17) is 0 Å². The van der Waals surface area contributed by atoms with Crippen LogP contribution in [0, 0.1) is 6.92 Å². The highest BCUT2D eigenvalue weighted by Gasteiger charge is 2.31. The van der Waals surface area contributed by atoms with Gasteiger partial charge in [-0.2, -0.15) is 0 Å². The molecule has 1 amide bonds. The van der Waals surface area contributed by atoms with Gasteiger partial charge in [0.05, 0.1) is 12.3 Å². The van der Waals surface area contributed by atoms with Crippen LogP contribution in [0.2, 0.25) is 0 Å². The number of rotatable bonds is 4. The lowest BCUT2D eigenvalue weighted by atomic mass is 10.0. The number of hydrogen-bond donors (Lipinski definition) is 2. The molecule has 23 heavy (non-hydrogen) atoms. The van der Waals surface area contributed by atoms with Crippen LogP contribution in [0.15, 0.2) is 6.20 Å². The van der Waals surface area contributed by atoms with Gasteiger partial charge in [-0.05, 0) is 26.2 Å². The van der Waals surface area contributed by atoms with Crippen molar-refractivity contribution in [3.8, 4) is 5.75 Å².